The predicted octanol–water partition coefficient (Wildman–Crippen LogP) is -0.371. The summed E-state index contributed by atoms with van der Waals surface area (Å²) in [6.07, 6.45) is 1.69. The molecule has 13 heavy (non-hydrogen) atoms. The summed E-state index contributed by atoms with van der Waals surface area (Å²) >= 11 is 0. The molecule has 1 aliphatic rings. The number of hydrogen-bond donors (Lipinski definition) is 2. The highest BCUT2D eigenvalue weighted by Crippen LogP contribution is 2.08. The first-order valence-corrected chi connectivity index (χ1v) is 6.08. The van der Waals surface area contributed by atoms with Crippen LogP contribution in [0.1, 0.15) is 19.8 Å². The molecule has 0 aromatic heterocycles. The summed E-state index contributed by atoms with van der Waals surface area (Å²) in [4.78, 5) is 2.06. The zero-order valence-corrected chi connectivity index (χ0v) is 8.93. The smallest absolute Gasteiger partial charge is 0.156 e. The minimum atomic E-state index is -2.29. The van der Waals surface area contributed by atoms with Gasteiger partial charge in [-0.15, -0.1) is 0 Å². The van der Waals surface area contributed by atoms with Gasteiger partial charge in [-0.05, 0) is 6.42 Å². The lowest BCUT2D eigenvalue weighted by Gasteiger charge is -2.31. The average Bonchev–Trinajstić information content (AvgIpc) is 2.15. The van der Waals surface area contributed by atoms with E-state index in [1.807, 2.05) is 6.92 Å². The van der Waals surface area contributed by atoms with Crippen molar-refractivity contribution in [3.05, 3.63) is 0 Å². The van der Waals surface area contributed by atoms with E-state index in [0.29, 0.717) is 0 Å². The molecule has 0 aromatic rings. The Morgan fingerprint density at radius 1 is 1.38 bits per heavy atom. The van der Waals surface area contributed by atoms with Crippen LogP contribution in [0.25, 0.3) is 0 Å². The van der Waals surface area contributed by atoms with E-state index in [1.165, 1.54) is 0 Å². The summed E-state index contributed by atoms with van der Waals surface area (Å²) in [5.74, 6) is 0. The second-order valence-electron chi connectivity index (χ2n) is 3.34. The van der Waals surface area contributed by atoms with Gasteiger partial charge in [0.2, 0.25) is 0 Å². The first-order valence-electron chi connectivity index (χ1n) is 4.84. The molecule has 1 rings (SSSR count). The summed E-state index contributed by atoms with van der Waals surface area (Å²) in [6.45, 7) is 5.54. The van der Waals surface area contributed by atoms with E-state index >= 15 is 0 Å². The van der Waals surface area contributed by atoms with Crippen LogP contribution in [0.5, 0.6) is 0 Å². The van der Waals surface area contributed by atoms with E-state index in [2.05, 4.69) is 10.2 Å². The molecule has 0 aromatic carbocycles. The third-order valence-electron chi connectivity index (χ3n) is 2.36. The van der Waals surface area contributed by atoms with Crippen molar-refractivity contribution in [1.29, 1.82) is 0 Å². The minimum Gasteiger partial charge on any atom is -0.314 e. The van der Waals surface area contributed by atoms with Crippen LogP contribution in [0, 0.1) is 0 Å². The Labute approximate surface area is 81.3 Å². The summed E-state index contributed by atoms with van der Waals surface area (Å²) in [5.41, 5.74) is 0. The van der Waals surface area contributed by atoms with Crippen molar-refractivity contribution < 1.29 is 8.42 Å². The molecule has 1 fully saturated rings. The maximum Gasteiger partial charge on any atom is 0.156 e. The van der Waals surface area contributed by atoms with Gasteiger partial charge in [-0.2, -0.15) is 0 Å². The van der Waals surface area contributed by atoms with Crippen molar-refractivity contribution in [3.8, 4) is 0 Å². The topological polar surface area (TPSA) is 49.4 Å². The molecule has 1 heterocycles. The fourth-order valence-corrected chi connectivity index (χ4v) is 2.63. The molecule has 78 valence electrons. The van der Waals surface area contributed by atoms with E-state index in [1.54, 1.807) is 0 Å². The summed E-state index contributed by atoms with van der Waals surface area (Å²) < 4.78 is 21.9. The fourth-order valence-electron chi connectivity index (χ4n) is 1.66. The van der Waals surface area contributed by atoms with Crippen LogP contribution in [0.15, 0.2) is 0 Å². The third-order valence-corrected chi connectivity index (χ3v) is 3.43. The van der Waals surface area contributed by atoms with Crippen LogP contribution in [-0.4, -0.2) is 44.9 Å². The highest BCUT2D eigenvalue weighted by Gasteiger charge is 2.21. The Kier molecular flexibility index (Phi) is 4.69. The molecule has 0 radical (unpaired) electrons. The molecule has 0 spiro atoms. The highest BCUT2D eigenvalue weighted by molar-refractivity contribution is 7.73. The van der Waals surface area contributed by atoms with E-state index < -0.39 is 10.7 Å². The molecule has 4 nitrogen and oxygen atoms in total. The van der Waals surface area contributed by atoms with Gasteiger partial charge in [-0.25, -0.2) is 8.42 Å². The predicted molar refractivity (Wildman–Crippen MR) is 53.5 cm³/mol. The molecular weight excluding hydrogens is 188 g/mol. The Hall–Kier alpha value is -0.130. The maximum atomic E-state index is 11.0. The maximum absolute atomic E-state index is 11.0. The Bertz CT molecular complexity index is 204. The number of piperazine rings is 1. The molecule has 1 saturated heterocycles. The second kappa shape index (κ2) is 5.57. The monoisotopic (exact) mass is 206 g/mol. The van der Waals surface area contributed by atoms with Gasteiger partial charge in [0, 0.05) is 26.2 Å². The number of hydrogen-bond acceptors (Lipinski definition) is 4. The van der Waals surface area contributed by atoms with Gasteiger partial charge in [-0.1, -0.05) is 13.3 Å². The van der Waals surface area contributed by atoms with Gasteiger partial charge < -0.3 is 5.32 Å². The van der Waals surface area contributed by atoms with Crippen LogP contribution in [0.2, 0.25) is 0 Å². The molecule has 1 aliphatic heterocycles. The molecule has 1 N–H and O–H groups in total. The minimum absolute atomic E-state index is 0.234. The number of thiol groups is 1. The summed E-state index contributed by atoms with van der Waals surface area (Å²) in [6, 6.07) is 0. The average molecular weight is 206 g/mol. The van der Waals surface area contributed by atoms with Crippen LogP contribution < -0.4 is 5.32 Å². The third kappa shape index (κ3) is 3.25. The van der Waals surface area contributed by atoms with Crippen molar-refractivity contribution in [1.82, 2.24) is 10.2 Å². The molecular formula is C8H18N2O2S. The molecule has 5 heteroatoms. The first-order chi connectivity index (χ1) is 6.25. The molecule has 1 atom stereocenters. The van der Waals surface area contributed by atoms with Gasteiger partial charge in [0.25, 0.3) is 0 Å². The van der Waals surface area contributed by atoms with E-state index in [0.717, 1.165) is 39.0 Å². The van der Waals surface area contributed by atoms with Crippen molar-refractivity contribution in [3.63, 3.8) is 0 Å². The Morgan fingerprint density at radius 3 is 2.46 bits per heavy atom. The van der Waals surface area contributed by atoms with Gasteiger partial charge in [0.15, 0.2) is 10.7 Å². The van der Waals surface area contributed by atoms with E-state index in [-0.39, 0.29) is 5.37 Å². The van der Waals surface area contributed by atoms with E-state index in [9.17, 15) is 8.42 Å². The summed E-state index contributed by atoms with van der Waals surface area (Å²) in [7, 11) is -2.29. The number of rotatable bonds is 4. The van der Waals surface area contributed by atoms with Crippen LogP contribution >= 0.6 is 0 Å². The van der Waals surface area contributed by atoms with E-state index in [4.69, 9.17) is 0 Å². The van der Waals surface area contributed by atoms with Crippen LogP contribution in [-0.2, 0) is 10.7 Å². The fraction of sp³-hybridized carbons (Fsp3) is 1.00. The zero-order chi connectivity index (χ0) is 9.68. The lowest BCUT2D eigenvalue weighted by molar-refractivity contribution is 0.212. The normalized spacial score (nSPS) is 22.0. The highest BCUT2D eigenvalue weighted by atomic mass is 32.2. The number of nitrogens with zero attached hydrogens (tertiary/aromatic N) is 1. The van der Waals surface area contributed by atoms with Crippen LogP contribution in [0.4, 0.5) is 0 Å². The molecule has 0 aliphatic carbocycles. The van der Waals surface area contributed by atoms with Gasteiger partial charge in [0.05, 0.1) is 0 Å². The van der Waals surface area contributed by atoms with Crippen molar-refractivity contribution in [2.24, 2.45) is 0 Å². The van der Waals surface area contributed by atoms with Gasteiger partial charge in [-0.3, -0.25) is 4.90 Å². The standard InChI is InChI=1S/C8H18N2O2S/c1-2-3-8(13(11)12)10-6-4-9-5-7-10/h8-9,13H,2-7H2,1H3. The lowest BCUT2D eigenvalue weighted by atomic mass is 10.3. The van der Waals surface area contributed by atoms with Crippen molar-refractivity contribution >= 4 is 10.7 Å². The Balaban J connectivity index is 2.51. The lowest BCUT2D eigenvalue weighted by Crippen LogP contribution is -2.48. The second-order valence-corrected chi connectivity index (χ2v) is 4.51. The van der Waals surface area contributed by atoms with Crippen LogP contribution in [0.3, 0.4) is 0 Å². The first kappa shape index (κ1) is 10.9. The van der Waals surface area contributed by atoms with Crippen molar-refractivity contribution in [2.75, 3.05) is 26.2 Å². The zero-order valence-electron chi connectivity index (χ0n) is 8.03. The van der Waals surface area contributed by atoms with Gasteiger partial charge >= 0.3 is 0 Å². The largest absolute Gasteiger partial charge is 0.314 e. The van der Waals surface area contributed by atoms with Crippen molar-refractivity contribution in [2.45, 2.75) is 25.1 Å². The summed E-state index contributed by atoms with van der Waals surface area (Å²) in [5, 5.41) is 2.98. The Morgan fingerprint density at radius 2 is 2.00 bits per heavy atom. The SMILES string of the molecule is CCCC(N1CCNCC1)[SH](=O)=O. The quantitative estimate of drug-likeness (QED) is 0.616. The molecule has 0 bridgehead atoms. The van der Waals surface area contributed by atoms with Gasteiger partial charge in [0.1, 0.15) is 5.37 Å². The molecule has 0 saturated carbocycles. The number of nitrogens with one attached hydrogen (secondary N) is 1. The molecule has 0 amide bonds. The molecule has 1 unspecified atom stereocenters.